The number of carboxylic acids is 1. The van der Waals surface area contributed by atoms with Crippen molar-refractivity contribution in [2.24, 2.45) is 0 Å². The largest absolute Gasteiger partial charge is 0.497 e. The predicted octanol–water partition coefficient (Wildman–Crippen LogP) is 4.25. The maximum absolute atomic E-state index is 13.4. The number of rotatable bonds is 12. The van der Waals surface area contributed by atoms with Gasteiger partial charge in [0.05, 0.1) is 19.1 Å². The molecule has 2 aromatic rings. The summed E-state index contributed by atoms with van der Waals surface area (Å²) in [6, 6.07) is 8.26. The van der Waals surface area contributed by atoms with Crippen LogP contribution >= 0.6 is 0 Å². The van der Waals surface area contributed by atoms with Gasteiger partial charge in [-0.2, -0.15) is 0 Å². The number of carbonyl (C=O) groups excluding carboxylic acids is 1. The maximum Gasteiger partial charge on any atom is 0.307 e. The Labute approximate surface area is 176 Å². The normalized spacial score (nSPS) is 10.2. The van der Waals surface area contributed by atoms with Gasteiger partial charge in [-0.05, 0) is 41.8 Å². The molecule has 0 spiro atoms. The van der Waals surface area contributed by atoms with Crippen molar-refractivity contribution in [1.82, 2.24) is 0 Å². The molecule has 0 heterocycles. The Morgan fingerprint density at radius 3 is 2.10 bits per heavy atom. The zero-order chi connectivity index (χ0) is 22.1. The van der Waals surface area contributed by atoms with Crippen LogP contribution < -0.4 is 14.2 Å². The molecule has 0 aliphatic rings. The van der Waals surface area contributed by atoms with Gasteiger partial charge >= 0.3 is 5.97 Å². The molecular weight excluding hydrogens is 384 g/mol. The molecule has 0 saturated carbocycles. The minimum Gasteiger partial charge on any atom is -0.497 e. The van der Waals surface area contributed by atoms with Crippen LogP contribution in [0.1, 0.15) is 34.0 Å². The number of aliphatic carboxylic acids is 1. The number of methoxy groups -OCH3 is 1. The number of ketones is 1. The summed E-state index contributed by atoms with van der Waals surface area (Å²) in [4.78, 5) is 25.1. The average Bonchev–Trinajstić information content (AvgIpc) is 2.75. The fourth-order valence-corrected chi connectivity index (χ4v) is 3.14. The third-order valence-electron chi connectivity index (χ3n) is 4.45. The molecule has 0 aliphatic carbocycles. The number of carboxylic acid groups (broad SMARTS) is 1. The van der Waals surface area contributed by atoms with Gasteiger partial charge in [0.2, 0.25) is 0 Å². The minimum atomic E-state index is -1.05. The first-order valence-electron chi connectivity index (χ1n) is 9.53. The molecule has 6 nitrogen and oxygen atoms in total. The fourth-order valence-electron chi connectivity index (χ4n) is 3.14. The van der Waals surface area contributed by atoms with E-state index in [0.29, 0.717) is 34.6 Å². The van der Waals surface area contributed by atoms with Crippen LogP contribution in [-0.4, -0.2) is 37.2 Å². The van der Waals surface area contributed by atoms with Gasteiger partial charge in [-0.15, -0.1) is 0 Å². The van der Waals surface area contributed by atoms with E-state index in [2.05, 4.69) is 13.2 Å². The van der Waals surface area contributed by atoms with Crippen LogP contribution in [0.15, 0.2) is 55.6 Å². The van der Waals surface area contributed by atoms with Crippen LogP contribution in [0.2, 0.25) is 0 Å². The Bertz CT molecular complexity index is 928. The van der Waals surface area contributed by atoms with E-state index >= 15 is 0 Å². The third-order valence-corrected chi connectivity index (χ3v) is 4.45. The first kappa shape index (κ1) is 22.7. The van der Waals surface area contributed by atoms with Gasteiger partial charge in [-0.25, -0.2) is 0 Å². The molecule has 30 heavy (non-hydrogen) atoms. The molecule has 0 aliphatic heterocycles. The van der Waals surface area contributed by atoms with Crippen molar-refractivity contribution in [3.63, 3.8) is 0 Å². The van der Waals surface area contributed by atoms with Gasteiger partial charge in [-0.3, -0.25) is 9.59 Å². The van der Waals surface area contributed by atoms with Crippen LogP contribution in [-0.2, 0) is 17.6 Å². The Morgan fingerprint density at radius 1 is 1.00 bits per heavy atom. The second-order valence-corrected chi connectivity index (χ2v) is 6.39. The number of ether oxygens (including phenoxy) is 3. The summed E-state index contributed by atoms with van der Waals surface area (Å²) in [7, 11) is 1.54. The minimum absolute atomic E-state index is 0.155. The van der Waals surface area contributed by atoms with Gasteiger partial charge in [0.25, 0.3) is 0 Å². The van der Waals surface area contributed by atoms with E-state index in [0.717, 1.165) is 0 Å². The SMILES string of the molecule is C=CCOc1cc(OCC=C)c(C(=O)c2ccc(OC)cc2)c(CC(=O)O)c1CC. The molecule has 0 radical (unpaired) electrons. The lowest BCUT2D eigenvalue weighted by molar-refractivity contribution is -0.136. The number of benzene rings is 2. The zero-order valence-electron chi connectivity index (χ0n) is 17.3. The van der Waals surface area contributed by atoms with Crippen molar-refractivity contribution in [3.8, 4) is 17.2 Å². The molecule has 2 aromatic carbocycles. The Morgan fingerprint density at radius 2 is 1.60 bits per heavy atom. The number of carbonyl (C=O) groups is 2. The quantitative estimate of drug-likeness (QED) is 0.416. The van der Waals surface area contributed by atoms with Crippen molar-refractivity contribution < 1.29 is 28.9 Å². The van der Waals surface area contributed by atoms with Gasteiger partial charge in [0, 0.05) is 11.6 Å². The zero-order valence-corrected chi connectivity index (χ0v) is 17.3. The summed E-state index contributed by atoms with van der Waals surface area (Å²) < 4.78 is 16.6. The predicted molar refractivity (Wildman–Crippen MR) is 115 cm³/mol. The van der Waals surface area contributed by atoms with Crippen molar-refractivity contribution in [1.29, 1.82) is 0 Å². The second-order valence-electron chi connectivity index (χ2n) is 6.39. The van der Waals surface area contributed by atoms with Gasteiger partial charge in [0.15, 0.2) is 5.78 Å². The molecule has 1 N–H and O–H groups in total. The highest BCUT2D eigenvalue weighted by molar-refractivity contribution is 6.12. The molecule has 0 unspecified atom stereocenters. The van der Waals surface area contributed by atoms with E-state index in [9.17, 15) is 14.7 Å². The van der Waals surface area contributed by atoms with E-state index in [1.165, 1.54) is 0 Å². The van der Waals surface area contributed by atoms with Crippen molar-refractivity contribution >= 4 is 11.8 Å². The standard InChI is InChI=1S/C24H26O6/c1-5-12-29-20-15-21(30-13-6-2)23(19(14-22(25)26)18(20)7-3)24(27)16-8-10-17(28-4)11-9-16/h5-6,8-11,15H,1-2,7,12-14H2,3-4H3,(H,25,26). The fraction of sp³-hybridized carbons (Fsp3) is 0.250. The highest BCUT2D eigenvalue weighted by atomic mass is 16.5. The topological polar surface area (TPSA) is 82.1 Å². The molecule has 158 valence electrons. The monoisotopic (exact) mass is 410 g/mol. The molecule has 0 saturated heterocycles. The average molecular weight is 410 g/mol. The van der Waals surface area contributed by atoms with Gasteiger partial charge in [-0.1, -0.05) is 32.2 Å². The molecule has 0 bridgehead atoms. The third kappa shape index (κ3) is 5.29. The summed E-state index contributed by atoms with van der Waals surface area (Å²) in [5, 5.41) is 9.52. The van der Waals surface area contributed by atoms with Gasteiger partial charge in [0.1, 0.15) is 30.5 Å². The van der Waals surface area contributed by atoms with Crippen LogP contribution in [0.4, 0.5) is 0 Å². The summed E-state index contributed by atoms with van der Waals surface area (Å²) in [6.07, 6.45) is 3.30. The molecular formula is C24H26O6. The van der Waals surface area contributed by atoms with E-state index in [1.54, 1.807) is 49.6 Å². The van der Waals surface area contributed by atoms with Crippen LogP contribution in [0, 0.1) is 0 Å². The maximum atomic E-state index is 13.4. The molecule has 0 amide bonds. The second kappa shape index (κ2) is 10.9. The van der Waals surface area contributed by atoms with E-state index in [1.807, 2.05) is 6.92 Å². The number of hydrogen-bond acceptors (Lipinski definition) is 5. The van der Waals surface area contributed by atoms with Crippen LogP contribution in [0.25, 0.3) is 0 Å². The van der Waals surface area contributed by atoms with Crippen molar-refractivity contribution in [2.45, 2.75) is 19.8 Å². The summed E-state index contributed by atoms with van der Waals surface area (Å²) in [5.74, 6) is -0.0490. The van der Waals surface area contributed by atoms with Crippen LogP contribution in [0.3, 0.4) is 0 Å². The van der Waals surface area contributed by atoms with E-state index in [4.69, 9.17) is 14.2 Å². The van der Waals surface area contributed by atoms with Crippen LogP contribution in [0.5, 0.6) is 17.2 Å². The van der Waals surface area contributed by atoms with Crippen molar-refractivity contribution in [3.05, 3.63) is 77.9 Å². The Balaban J connectivity index is 2.73. The summed E-state index contributed by atoms with van der Waals surface area (Å²) in [6.45, 7) is 9.57. The molecule has 0 fully saturated rings. The molecule has 2 rings (SSSR count). The molecule has 0 atom stereocenters. The van der Waals surface area contributed by atoms with E-state index in [-0.39, 0.29) is 36.7 Å². The summed E-state index contributed by atoms with van der Waals surface area (Å²) >= 11 is 0. The summed E-state index contributed by atoms with van der Waals surface area (Å²) in [5.41, 5.74) is 1.65. The Hall–Kier alpha value is -3.54. The lowest BCUT2D eigenvalue weighted by atomic mass is 9.90. The highest BCUT2D eigenvalue weighted by Gasteiger charge is 2.26. The Kier molecular flexibility index (Phi) is 8.23. The first-order valence-corrected chi connectivity index (χ1v) is 9.53. The van der Waals surface area contributed by atoms with Gasteiger partial charge < -0.3 is 19.3 Å². The lowest BCUT2D eigenvalue weighted by Gasteiger charge is -2.20. The lowest BCUT2D eigenvalue weighted by Crippen LogP contribution is -2.16. The smallest absolute Gasteiger partial charge is 0.307 e. The first-order chi connectivity index (χ1) is 14.5. The number of hydrogen-bond donors (Lipinski definition) is 1. The highest BCUT2D eigenvalue weighted by Crippen LogP contribution is 2.36. The van der Waals surface area contributed by atoms with Crippen molar-refractivity contribution in [2.75, 3.05) is 20.3 Å². The van der Waals surface area contributed by atoms with E-state index < -0.39 is 5.97 Å². The molecule has 0 aromatic heterocycles. The molecule has 6 heteroatoms.